The number of hydrogen-bond acceptors (Lipinski definition) is 5. The van der Waals surface area contributed by atoms with E-state index >= 15 is 0 Å². The molecule has 2 atom stereocenters. The molecule has 3 rings (SSSR count). The van der Waals surface area contributed by atoms with Gasteiger partial charge in [0.05, 0.1) is 24.4 Å². The van der Waals surface area contributed by atoms with E-state index in [0.29, 0.717) is 34.9 Å². The van der Waals surface area contributed by atoms with Crippen molar-refractivity contribution in [2.24, 2.45) is 4.99 Å². The summed E-state index contributed by atoms with van der Waals surface area (Å²) in [6, 6.07) is 14.2. The quantitative estimate of drug-likeness (QED) is 0.612. The van der Waals surface area contributed by atoms with Crippen molar-refractivity contribution >= 4 is 28.6 Å². The summed E-state index contributed by atoms with van der Waals surface area (Å²) in [5.41, 5.74) is 2.30. The van der Waals surface area contributed by atoms with Crippen molar-refractivity contribution in [3.05, 3.63) is 76.5 Å². The van der Waals surface area contributed by atoms with Gasteiger partial charge in [0.15, 0.2) is 11.3 Å². The molecular formula is C23H22F3N3O2S. The molecule has 0 spiro atoms. The fourth-order valence-electron chi connectivity index (χ4n) is 3.34. The molecule has 0 aromatic heterocycles. The number of thioether (sulfide) groups is 1. The highest BCUT2D eigenvalue weighted by Crippen LogP contribution is 2.39. The van der Waals surface area contributed by atoms with E-state index in [1.807, 2.05) is 12.3 Å². The van der Waals surface area contributed by atoms with Gasteiger partial charge in [-0.25, -0.2) is 18.6 Å². The van der Waals surface area contributed by atoms with Crippen LogP contribution in [0, 0.1) is 11.3 Å². The van der Waals surface area contributed by atoms with E-state index < -0.39 is 24.9 Å². The molecule has 1 heterocycles. The van der Waals surface area contributed by atoms with Crippen LogP contribution in [0.5, 0.6) is 0 Å². The Morgan fingerprint density at radius 2 is 1.94 bits per heavy atom. The molecule has 0 bridgehead atoms. The summed E-state index contributed by atoms with van der Waals surface area (Å²) in [5.74, 6) is -1.13. The SMILES string of the molecule is CF.CSC1=NC(c2ccc(C#N)cc2)C(C(=O)O)=C(C)N1c1cccc(C(F)CF)c1. The first kappa shape index (κ1) is 25.0. The van der Waals surface area contributed by atoms with Crippen molar-refractivity contribution in [2.45, 2.75) is 19.1 Å². The van der Waals surface area contributed by atoms with Crippen molar-refractivity contribution in [1.29, 1.82) is 5.26 Å². The normalized spacial score (nSPS) is 16.5. The van der Waals surface area contributed by atoms with Gasteiger partial charge in [0.25, 0.3) is 0 Å². The standard InChI is InChI=1S/C22H19F2N3O2S.CH3F/c1-13-19(21(28)29)20(15-8-6-14(12-25)7-9-15)26-22(30-2)27(13)17-5-3-4-16(10-17)18(24)11-23;1-2/h3-10,18,20H,11H2,1-2H3,(H,28,29);1H3. The van der Waals surface area contributed by atoms with E-state index in [0.717, 1.165) is 0 Å². The number of carboxylic acid groups (broad SMARTS) is 1. The zero-order valence-corrected chi connectivity index (χ0v) is 18.5. The summed E-state index contributed by atoms with van der Waals surface area (Å²) in [7, 11) is 0.500. The zero-order valence-electron chi connectivity index (χ0n) is 17.7. The maximum absolute atomic E-state index is 13.9. The highest BCUT2D eigenvalue weighted by Gasteiger charge is 2.34. The average Bonchev–Trinajstić information content (AvgIpc) is 2.83. The van der Waals surface area contributed by atoms with E-state index in [1.165, 1.54) is 23.9 Å². The number of nitrogens with zero attached hydrogens (tertiary/aromatic N) is 3. The van der Waals surface area contributed by atoms with Crippen LogP contribution < -0.4 is 4.90 Å². The van der Waals surface area contributed by atoms with E-state index in [1.54, 1.807) is 48.2 Å². The molecule has 168 valence electrons. The van der Waals surface area contributed by atoms with Gasteiger partial charge in [0.2, 0.25) is 0 Å². The highest BCUT2D eigenvalue weighted by atomic mass is 32.2. The minimum atomic E-state index is -1.75. The number of nitriles is 1. The van der Waals surface area contributed by atoms with Crippen molar-refractivity contribution in [2.75, 3.05) is 25.0 Å². The Morgan fingerprint density at radius 1 is 1.28 bits per heavy atom. The molecule has 5 nitrogen and oxygen atoms in total. The van der Waals surface area contributed by atoms with Gasteiger partial charge in [-0.05, 0) is 48.6 Å². The molecule has 0 amide bonds. The molecule has 1 aliphatic heterocycles. The van der Waals surface area contributed by atoms with Gasteiger partial charge >= 0.3 is 5.97 Å². The fraction of sp³-hybridized carbons (Fsp3) is 0.261. The molecule has 32 heavy (non-hydrogen) atoms. The number of halogens is 3. The Hall–Kier alpha value is -3.25. The smallest absolute Gasteiger partial charge is 0.335 e. The number of aliphatic imine (C=N–C) groups is 1. The number of carboxylic acids is 1. The third kappa shape index (κ3) is 5.14. The molecule has 2 aromatic carbocycles. The summed E-state index contributed by atoms with van der Waals surface area (Å²) in [4.78, 5) is 18.4. The molecule has 2 aromatic rings. The summed E-state index contributed by atoms with van der Waals surface area (Å²) in [6.45, 7) is 0.530. The third-order valence-corrected chi connectivity index (χ3v) is 5.48. The lowest BCUT2D eigenvalue weighted by atomic mass is 9.95. The van der Waals surface area contributed by atoms with E-state index in [9.17, 15) is 23.1 Å². The fourth-order valence-corrected chi connectivity index (χ4v) is 3.98. The molecular weight excluding hydrogens is 439 g/mol. The lowest BCUT2D eigenvalue weighted by Crippen LogP contribution is -2.34. The number of amidine groups is 1. The summed E-state index contributed by atoms with van der Waals surface area (Å²) < 4.78 is 36.2. The molecule has 1 N–H and O–H groups in total. The first-order valence-electron chi connectivity index (χ1n) is 9.45. The summed E-state index contributed by atoms with van der Waals surface area (Å²) in [5, 5.41) is 19.5. The van der Waals surface area contributed by atoms with Gasteiger partial charge in [0, 0.05) is 11.4 Å². The summed E-state index contributed by atoms with van der Waals surface area (Å²) >= 11 is 1.32. The molecule has 9 heteroatoms. The predicted molar refractivity (Wildman–Crippen MR) is 121 cm³/mol. The molecule has 2 unspecified atom stereocenters. The third-order valence-electron chi connectivity index (χ3n) is 4.82. The van der Waals surface area contributed by atoms with Gasteiger partial charge in [-0.2, -0.15) is 5.26 Å². The van der Waals surface area contributed by atoms with E-state index in [-0.39, 0.29) is 11.1 Å². The minimum absolute atomic E-state index is 0.0743. The minimum Gasteiger partial charge on any atom is -0.478 e. The number of alkyl halides is 3. The van der Waals surface area contributed by atoms with Crippen LogP contribution >= 0.6 is 11.8 Å². The van der Waals surface area contributed by atoms with Crippen LogP contribution in [0.4, 0.5) is 18.9 Å². The molecule has 1 aliphatic rings. The van der Waals surface area contributed by atoms with Crippen LogP contribution in [0.1, 0.15) is 35.8 Å². The maximum Gasteiger partial charge on any atom is 0.335 e. The second-order valence-corrected chi connectivity index (χ2v) is 7.38. The molecule has 0 saturated heterocycles. The van der Waals surface area contributed by atoms with Crippen LogP contribution in [0.2, 0.25) is 0 Å². The lowest BCUT2D eigenvalue weighted by Gasteiger charge is -2.34. The topological polar surface area (TPSA) is 76.7 Å². The van der Waals surface area contributed by atoms with Crippen molar-refractivity contribution < 1.29 is 23.1 Å². The van der Waals surface area contributed by atoms with Crippen LogP contribution in [-0.2, 0) is 4.79 Å². The van der Waals surface area contributed by atoms with Gasteiger partial charge in [0.1, 0.15) is 12.7 Å². The first-order valence-corrected chi connectivity index (χ1v) is 10.7. The molecule has 0 radical (unpaired) electrons. The number of benzene rings is 2. The Labute approximate surface area is 188 Å². The zero-order chi connectivity index (χ0) is 23.8. The largest absolute Gasteiger partial charge is 0.478 e. The number of aliphatic carboxylic acids is 1. The number of anilines is 1. The van der Waals surface area contributed by atoms with E-state index in [4.69, 9.17) is 5.26 Å². The average molecular weight is 462 g/mol. The van der Waals surface area contributed by atoms with Gasteiger partial charge in [-0.3, -0.25) is 9.29 Å². The Morgan fingerprint density at radius 3 is 2.47 bits per heavy atom. The Bertz CT molecular complexity index is 1060. The number of allylic oxidation sites excluding steroid dienone is 1. The van der Waals surface area contributed by atoms with Crippen LogP contribution in [-0.4, -0.2) is 36.4 Å². The second kappa shape index (κ2) is 11.4. The molecule has 0 saturated carbocycles. The Balaban J connectivity index is 0.00000176. The number of carbonyl (C=O) groups is 1. The van der Waals surface area contributed by atoms with Crippen molar-refractivity contribution in [3.8, 4) is 6.07 Å². The number of hydrogen-bond donors (Lipinski definition) is 1. The van der Waals surface area contributed by atoms with E-state index in [2.05, 4.69) is 4.99 Å². The van der Waals surface area contributed by atoms with Crippen LogP contribution in [0.15, 0.2) is 64.8 Å². The van der Waals surface area contributed by atoms with Crippen LogP contribution in [0.25, 0.3) is 0 Å². The highest BCUT2D eigenvalue weighted by molar-refractivity contribution is 8.13. The first-order chi connectivity index (χ1) is 15.4. The van der Waals surface area contributed by atoms with Crippen LogP contribution in [0.3, 0.4) is 0 Å². The maximum atomic E-state index is 13.9. The van der Waals surface area contributed by atoms with Crippen molar-refractivity contribution in [1.82, 2.24) is 0 Å². The Kier molecular flexibility index (Phi) is 8.91. The summed E-state index contributed by atoms with van der Waals surface area (Å²) in [6.07, 6.45) is 0.0587. The predicted octanol–water partition coefficient (Wildman–Crippen LogP) is 5.76. The van der Waals surface area contributed by atoms with Crippen molar-refractivity contribution in [3.63, 3.8) is 0 Å². The van der Waals surface area contributed by atoms with Gasteiger partial charge < -0.3 is 5.11 Å². The van der Waals surface area contributed by atoms with Gasteiger partial charge in [-0.1, -0.05) is 36.0 Å². The molecule has 0 fully saturated rings. The molecule has 0 aliphatic carbocycles. The lowest BCUT2D eigenvalue weighted by molar-refractivity contribution is -0.133. The van der Waals surface area contributed by atoms with Gasteiger partial charge in [-0.15, -0.1) is 0 Å². The number of rotatable bonds is 5. The monoisotopic (exact) mass is 461 g/mol. The second-order valence-electron chi connectivity index (χ2n) is 6.61.